The Kier molecular flexibility index (Phi) is 17.2. The van der Waals surface area contributed by atoms with Crippen molar-refractivity contribution in [3.05, 3.63) is 0 Å². The summed E-state index contributed by atoms with van der Waals surface area (Å²) in [6.45, 7) is 13.0. The smallest absolute Gasteiger partial charge is 0.433 e. The third-order valence-corrected chi connectivity index (χ3v) is 8.48. The lowest BCUT2D eigenvalue weighted by Gasteiger charge is -2.57. The van der Waals surface area contributed by atoms with Crippen LogP contribution in [0.4, 0.5) is 0 Å². The van der Waals surface area contributed by atoms with Crippen LogP contribution in [0.3, 0.4) is 0 Å². The van der Waals surface area contributed by atoms with E-state index in [9.17, 15) is 4.79 Å². The Morgan fingerprint density at radius 3 is 1.71 bits per heavy atom. The summed E-state index contributed by atoms with van der Waals surface area (Å²) < 4.78 is 29.8. The van der Waals surface area contributed by atoms with Gasteiger partial charge in [0.15, 0.2) is 0 Å². The Labute approximate surface area is 206 Å². The molecule has 0 aromatic heterocycles. The van der Waals surface area contributed by atoms with Gasteiger partial charge in [-0.25, -0.2) is 0 Å². The summed E-state index contributed by atoms with van der Waals surface area (Å²) in [6.07, 6.45) is 5.00. The number of ether oxygens (including phenoxy) is 1. The highest BCUT2D eigenvalue weighted by atomic mass is 32.1. The largest absolute Gasteiger partial charge is 0.465 e. The lowest BCUT2D eigenvalue weighted by molar-refractivity contribution is -0.203. The number of hydrogen-bond acceptors (Lipinski definition) is 8. The third-order valence-electron chi connectivity index (χ3n) is 5.96. The molecule has 0 saturated carbocycles. The highest BCUT2D eigenvalue weighted by Gasteiger charge is 2.59. The molecule has 0 rings (SSSR count). The molecule has 0 aliphatic heterocycles. The van der Waals surface area contributed by atoms with Crippen LogP contribution < -0.4 is 0 Å². The number of carbonyl (C=O) groups is 1. The summed E-state index contributed by atoms with van der Waals surface area (Å²) >= 11 is 8.81. The van der Waals surface area contributed by atoms with E-state index in [1.807, 2.05) is 13.8 Å². The first kappa shape index (κ1) is 31.4. The third kappa shape index (κ3) is 9.68. The molecule has 0 amide bonds. The fourth-order valence-corrected chi connectivity index (χ4v) is 5.76. The molecule has 10 heteroatoms. The van der Waals surface area contributed by atoms with E-state index >= 15 is 0 Å². The molecule has 0 bridgehead atoms. The van der Waals surface area contributed by atoms with Crippen LogP contribution in [0, 0.1) is 5.41 Å². The van der Waals surface area contributed by atoms with Crippen LogP contribution in [0.25, 0.3) is 0 Å². The minimum Gasteiger partial charge on any atom is -0.465 e. The number of hydrogen-bond donors (Lipinski definition) is 2. The van der Waals surface area contributed by atoms with Crippen LogP contribution in [0.1, 0.15) is 80.1 Å². The summed E-state index contributed by atoms with van der Waals surface area (Å²) in [5.41, 5.74) is -1.91. The van der Waals surface area contributed by atoms with Gasteiger partial charge < -0.3 is 22.4 Å². The van der Waals surface area contributed by atoms with E-state index in [1.165, 1.54) is 6.92 Å². The van der Waals surface area contributed by atoms with Crippen LogP contribution in [-0.2, 0) is 27.2 Å². The van der Waals surface area contributed by atoms with Crippen molar-refractivity contribution in [2.24, 2.45) is 5.41 Å². The van der Waals surface area contributed by atoms with Gasteiger partial charge in [0.2, 0.25) is 0 Å². The van der Waals surface area contributed by atoms with E-state index in [4.69, 9.17) is 22.4 Å². The second-order valence-corrected chi connectivity index (χ2v) is 10.1. The van der Waals surface area contributed by atoms with Crippen LogP contribution in [0.2, 0.25) is 0 Å². The normalized spacial score (nSPS) is 17.5. The van der Waals surface area contributed by atoms with Gasteiger partial charge in [0, 0.05) is 20.1 Å². The second kappa shape index (κ2) is 17.0. The summed E-state index contributed by atoms with van der Waals surface area (Å²) in [4.78, 5) is 11.9. The van der Waals surface area contributed by atoms with E-state index in [2.05, 4.69) is 46.0 Å². The zero-order valence-electron chi connectivity index (χ0n) is 20.1. The molecule has 182 valence electrons. The number of esters is 1. The zero-order chi connectivity index (χ0) is 23.8. The average Bonchev–Trinajstić information content (AvgIpc) is 2.73. The Bertz CT molecular complexity index is 479. The Morgan fingerprint density at radius 1 is 0.839 bits per heavy atom. The maximum Gasteiger partial charge on any atom is 0.433 e. The Morgan fingerprint density at radius 2 is 1.32 bits per heavy atom. The molecule has 4 radical (unpaired) electrons. The first-order valence-electron chi connectivity index (χ1n) is 11.2. The van der Waals surface area contributed by atoms with Gasteiger partial charge in [-0.2, -0.15) is 25.3 Å². The highest BCUT2D eigenvalue weighted by Crippen LogP contribution is 2.52. The summed E-state index contributed by atoms with van der Waals surface area (Å²) in [5.74, 6) is 1.24. The van der Waals surface area contributed by atoms with Crippen molar-refractivity contribution in [3.63, 3.8) is 0 Å². The van der Waals surface area contributed by atoms with Gasteiger partial charge in [-0.3, -0.25) is 4.79 Å². The summed E-state index contributed by atoms with van der Waals surface area (Å²) in [5, 5.41) is 0. The van der Waals surface area contributed by atoms with Crippen molar-refractivity contribution < 1.29 is 27.2 Å². The molecule has 0 N–H and O–H groups in total. The minimum atomic E-state index is -0.653. The number of carbonyl (C=O) groups excluding carboxylic acids is 1. The maximum absolute atomic E-state index is 11.9. The molecule has 0 aromatic carbocycles. The van der Waals surface area contributed by atoms with Crippen molar-refractivity contribution in [1.82, 2.24) is 0 Å². The minimum absolute atomic E-state index is 0.104. The van der Waals surface area contributed by atoms with Gasteiger partial charge in [0.25, 0.3) is 0 Å². The van der Waals surface area contributed by atoms with Gasteiger partial charge in [-0.05, 0) is 77.7 Å². The van der Waals surface area contributed by atoms with Crippen LogP contribution >= 0.6 is 25.3 Å². The summed E-state index contributed by atoms with van der Waals surface area (Å²) in [7, 11) is -0.212. The molecule has 3 atom stereocenters. The average molecular weight is 511 g/mol. The summed E-state index contributed by atoms with van der Waals surface area (Å²) in [6, 6.07) is 0. The first-order valence-corrected chi connectivity index (χ1v) is 14.1. The van der Waals surface area contributed by atoms with Crippen LogP contribution in [0.5, 0.6) is 0 Å². The molecular formula is C21H42O6S2Si2. The highest BCUT2D eigenvalue weighted by molar-refractivity contribution is 7.80. The molecule has 0 heterocycles. The van der Waals surface area contributed by atoms with E-state index < -0.39 is 16.6 Å². The van der Waals surface area contributed by atoms with Gasteiger partial charge in [-0.15, -0.1) is 0 Å². The molecule has 0 spiro atoms. The number of unbranched alkanes of at least 4 members (excludes halogenated alkanes) is 1. The van der Waals surface area contributed by atoms with E-state index in [1.54, 1.807) is 0 Å². The lowest BCUT2D eigenvalue weighted by atomic mass is 9.58. The molecule has 6 nitrogen and oxygen atoms in total. The van der Waals surface area contributed by atoms with Crippen molar-refractivity contribution in [2.45, 2.75) is 91.3 Å². The lowest BCUT2D eigenvalue weighted by Crippen LogP contribution is -2.64. The molecule has 0 aliphatic rings. The van der Waals surface area contributed by atoms with Crippen molar-refractivity contribution >= 4 is 51.2 Å². The fourth-order valence-electron chi connectivity index (χ4n) is 4.07. The maximum atomic E-state index is 11.9. The fraction of sp³-hybridized carbons (Fsp3) is 0.952. The van der Waals surface area contributed by atoms with Gasteiger partial charge in [0.1, 0.15) is 6.61 Å². The van der Waals surface area contributed by atoms with Crippen LogP contribution in [-0.4, -0.2) is 68.5 Å². The first-order chi connectivity index (χ1) is 14.7. The predicted molar refractivity (Wildman–Crippen MR) is 134 cm³/mol. The SMILES string of the molecule is CCO[Si]OC(C)(CCCS)C(CC)(COC(C)=O)C(C)(CCCCS)O[Si]OCC. The molecule has 0 aromatic rings. The van der Waals surface area contributed by atoms with Gasteiger partial charge in [-0.1, -0.05) is 6.92 Å². The second-order valence-electron chi connectivity index (χ2n) is 7.92. The molecule has 3 unspecified atom stereocenters. The van der Waals surface area contributed by atoms with Crippen LogP contribution in [0.15, 0.2) is 0 Å². The van der Waals surface area contributed by atoms with Crippen molar-refractivity contribution in [2.75, 3.05) is 31.3 Å². The monoisotopic (exact) mass is 510 g/mol. The van der Waals surface area contributed by atoms with E-state index in [-0.39, 0.29) is 32.6 Å². The molecular weight excluding hydrogens is 469 g/mol. The Hall–Kier alpha value is 0.444. The molecule has 0 saturated heterocycles. The van der Waals surface area contributed by atoms with Crippen molar-refractivity contribution in [1.29, 1.82) is 0 Å². The van der Waals surface area contributed by atoms with Gasteiger partial charge >= 0.3 is 26.0 Å². The zero-order valence-corrected chi connectivity index (χ0v) is 23.9. The topological polar surface area (TPSA) is 63.2 Å². The molecule has 31 heavy (non-hydrogen) atoms. The van der Waals surface area contributed by atoms with Crippen molar-refractivity contribution in [3.8, 4) is 0 Å². The van der Waals surface area contributed by atoms with E-state index in [0.29, 0.717) is 19.6 Å². The molecule has 0 fully saturated rings. The van der Waals surface area contributed by atoms with E-state index in [0.717, 1.165) is 43.6 Å². The van der Waals surface area contributed by atoms with Gasteiger partial charge in [0.05, 0.1) is 16.6 Å². The number of rotatable bonds is 20. The standard InChI is InChI=1S/C21H42O6S2Si2/c1-7-21(17-23-18(4)22,20(6,14-12-16-29)27-31-25-9-3)19(5,13-10-11-15-28)26-30-24-8-2/h28-29H,7-17H2,1-6H3. The predicted octanol–water partition coefficient (Wildman–Crippen LogP) is 4.45. The quantitative estimate of drug-likeness (QED) is 0.109. The Balaban J connectivity index is 6.37. The molecule has 0 aliphatic carbocycles. The number of thiol groups is 2.